The van der Waals surface area contributed by atoms with E-state index in [-0.39, 0.29) is 11.7 Å². The molecular weight excluding hydrogens is 318 g/mol. The molecule has 1 aliphatic heterocycles. The van der Waals surface area contributed by atoms with Gasteiger partial charge in [0.2, 0.25) is 0 Å². The molecule has 2 aromatic heterocycles. The molecule has 7 nitrogen and oxygen atoms in total. The molecule has 1 aliphatic rings. The molecule has 0 radical (unpaired) electrons. The third kappa shape index (κ3) is 3.27. The van der Waals surface area contributed by atoms with Gasteiger partial charge in [-0.2, -0.15) is 11.3 Å². The lowest BCUT2D eigenvalue weighted by molar-refractivity contribution is -0.402. The Hall–Kier alpha value is -2.19. The highest BCUT2D eigenvalue weighted by Crippen LogP contribution is 2.24. The molecule has 0 aliphatic carbocycles. The maximum Gasteiger partial charge on any atom is 0.433 e. The van der Waals surface area contributed by atoms with E-state index < -0.39 is 10.8 Å². The third-order valence-corrected chi connectivity index (χ3v) is 4.86. The molecule has 3 heterocycles. The summed E-state index contributed by atoms with van der Waals surface area (Å²) < 4.78 is 4.99. The number of furan rings is 1. The van der Waals surface area contributed by atoms with Gasteiger partial charge < -0.3 is 9.32 Å². The standard InChI is InChI=1S/C15H17N3O4S/c1-11(12-4-9-23-10-12)16-5-7-17(8-6-16)15(19)13-2-3-14(22-13)18(20)21/h2-4,9-11H,5-8H2,1H3/t11-/m1/s1. The smallest absolute Gasteiger partial charge is 0.395 e. The van der Waals surface area contributed by atoms with E-state index in [4.69, 9.17) is 4.42 Å². The monoisotopic (exact) mass is 335 g/mol. The van der Waals surface area contributed by atoms with Crippen molar-refractivity contribution < 1.29 is 14.1 Å². The molecule has 1 fully saturated rings. The fraction of sp³-hybridized carbons (Fsp3) is 0.400. The van der Waals surface area contributed by atoms with Crippen molar-refractivity contribution in [2.24, 2.45) is 0 Å². The molecule has 0 saturated carbocycles. The van der Waals surface area contributed by atoms with Crippen molar-refractivity contribution >= 4 is 23.1 Å². The van der Waals surface area contributed by atoms with E-state index in [0.29, 0.717) is 19.1 Å². The van der Waals surface area contributed by atoms with Crippen molar-refractivity contribution in [1.82, 2.24) is 9.80 Å². The summed E-state index contributed by atoms with van der Waals surface area (Å²) in [5.74, 6) is -0.671. The number of hydrogen-bond donors (Lipinski definition) is 0. The zero-order valence-corrected chi connectivity index (χ0v) is 13.5. The first-order chi connectivity index (χ1) is 11.1. The molecule has 23 heavy (non-hydrogen) atoms. The molecule has 0 spiro atoms. The van der Waals surface area contributed by atoms with Crippen LogP contribution in [0.2, 0.25) is 0 Å². The van der Waals surface area contributed by atoms with Crippen LogP contribution < -0.4 is 0 Å². The fourth-order valence-electron chi connectivity index (χ4n) is 2.73. The summed E-state index contributed by atoms with van der Waals surface area (Å²) in [4.78, 5) is 26.3. The highest BCUT2D eigenvalue weighted by Gasteiger charge is 2.28. The number of hydrogen-bond acceptors (Lipinski definition) is 6. The van der Waals surface area contributed by atoms with Crippen LogP contribution in [0.4, 0.5) is 5.88 Å². The lowest BCUT2D eigenvalue weighted by Gasteiger charge is -2.37. The van der Waals surface area contributed by atoms with E-state index in [9.17, 15) is 14.9 Å². The Balaban J connectivity index is 1.59. The number of nitro groups is 1. The molecule has 8 heteroatoms. The van der Waals surface area contributed by atoms with Crippen LogP contribution in [0, 0.1) is 10.1 Å². The Labute approximate surface area is 137 Å². The van der Waals surface area contributed by atoms with Gasteiger partial charge in [0.1, 0.15) is 4.92 Å². The molecule has 122 valence electrons. The molecule has 3 rings (SSSR count). The molecule has 0 aromatic carbocycles. The molecule has 0 N–H and O–H groups in total. The minimum atomic E-state index is -0.642. The zero-order chi connectivity index (χ0) is 16.4. The quantitative estimate of drug-likeness (QED) is 0.634. The number of carbonyl (C=O) groups is 1. The summed E-state index contributed by atoms with van der Waals surface area (Å²) in [6, 6.07) is 5.01. The SMILES string of the molecule is C[C@H](c1ccsc1)N1CCN(C(=O)c2ccc([N+](=O)[O-])o2)CC1. The van der Waals surface area contributed by atoms with Crippen molar-refractivity contribution in [1.29, 1.82) is 0 Å². The minimum absolute atomic E-state index is 0.0241. The van der Waals surface area contributed by atoms with Crippen LogP contribution in [0.5, 0.6) is 0 Å². The summed E-state index contributed by atoms with van der Waals surface area (Å²) in [5, 5.41) is 14.8. The molecule has 0 unspecified atom stereocenters. The van der Waals surface area contributed by atoms with Crippen LogP contribution in [-0.4, -0.2) is 46.8 Å². The van der Waals surface area contributed by atoms with E-state index in [1.54, 1.807) is 16.2 Å². The number of thiophene rings is 1. The fourth-order valence-corrected chi connectivity index (χ4v) is 3.48. The maximum atomic E-state index is 12.3. The van der Waals surface area contributed by atoms with E-state index >= 15 is 0 Å². The lowest BCUT2D eigenvalue weighted by Crippen LogP contribution is -2.49. The van der Waals surface area contributed by atoms with Gasteiger partial charge in [-0.3, -0.25) is 19.8 Å². The zero-order valence-electron chi connectivity index (χ0n) is 12.7. The van der Waals surface area contributed by atoms with E-state index in [0.717, 1.165) is 13.1 Å². The summed E-state index contributed by atoms with van der Waals surface area (Å²) in [7, 11) is 0. The number of piperazine rings is 1. The lowest BCUT2D eigenvalue weighted by atomic mass is 10.1. The Bertz CT molecular complexity index is 689. The van der Waals surface area contributed by atoms with Gasteiger partial charge in [-0.05, 0) is 35.4 Å². The van der Waals surface area contributed by atoms with Crippen molar-refractivity contribution in [2.75, 3.05) is 26.2 Å². The van der Waals surface area contributed by atoms with Crippen LogP contribution in [0.15, 0.2) is 33.4 Å². The molecular formula is C15H17N3O4S. The minimum Gasteiger partial charge on any atom is -0.395 e. The summed E-state index contributed by atoms with van der Waals surface area (Å²) in [6.07, 6.45) is 0. The first-order valence-electron chi connectivity index (χ1n) is 7.36. The molecule has 0 bridgehead atoms. The highest BCUT2D eigenvalue weighted by molar-refractivity contribution is 7.07. The number of rotatable bonds is 4. The third-order valence-electron chi connectivity index (χ3n) is 4.16. The normalized spacial score (nSPS) is 17.2. The number of nitrogens with zero attached hydrogens (tertiary/aromatic N) is 3. The Morgan fingerprint density at radius 1 is 1.30 bits per heavy atom. The van der Waals surface area contributed by atoms with Gasteiger partial charge in [0.25, 0.3) is 5.91 Å². The predicted octanol–water partition coefficient (Wildman–Crippen LogP) is 2.77. The van der Waals surface area contributed by atoms with Gasteiger partial charge in [0.15, 0.2) is 5.76 Å². The van der Waals surface area contributed by atoms with Gasteiger partial charge in [0.05, 0.1) is 6.07 Å². The van der Waals surface area contributed by atoms with Gasteiger partial charge in [0, 0.05) is 32.2 Å². The Morgan fingerprint density at radius 2 is 2.04 bits per heavy atom. The van der Waals surface area contributed by atoms with Gasteiger partial charge in [-0.25, -0.2) is 0 Å². The second-order valence-corrected chi connectivity index (χ2v) is 6.24. The molecule has 1 saturated heterocycles. The van der Waals surface area contributed by atoms with Crippen LogP contribution in [0.3, 0.4) is 0 Å². The first kappa shape index (κ1) is 15.7. The predicted molar refractivity (Wildman–Crippen MR) is 85.6 cm³/mol. The summed E-state index contributed by atoms with van der Waals surface area (Å²) in [6.45, 7) is 4.87. The second-order valence-electron chi connectivity index (χ2n) is 5.46. The van der Waals surface area contributed by atoms with Crippen LogP contribution >= 0.6 is 11.3 Å². The first-order valence-corrected chi connectivity index (χ1v) is 8.30. The topological polar surface area (TPSA) is 79.8 Å². The maximum absolute atomic E-state index is 12.3. The van der Waals surface area contributed by atoms with Crippen molar-refractivity contribution in [3.05, 3.63) is 50.4 Å². The van der Waals surface area contributed by atoms with Crippen LogP contribution in [0.1, 0.15) is 29.1 Å². The molecule has 2 aromatic rings. The van der Waals surface area contributed by atoms with Gasteiger partial charge in [-0.15, -0.1) is 0 Å². The largest absolute Gasteiger partial charge is 0.433 e. The Kier molecular flexibility index (Phi) is 4.44. The van der Waals surface area contributed by atoms with Crippen molar-refractivity contribution in [3.8, 4) is 0 Å². The summed E-state index contributed by atoms with van der Waals surface area (Å²) in [5.41, 5.74) is 1.29. The van der Waals surface area contributed by atoms with Crippen LogP contribution in [0.25, 0.3) is 0 Å². The van der Waals surface area contributed by atoms with Gasteiger partial charge >= 0.3 is 5.88 Å². The molecule has 1 atom stereocenters. The van der Waals surface area contributed by atoms with Crippen molar-refractivity contribution in [2.45, 2.75) is 13.0 Å². The van der Waals surface area contributed by atoms with Gasteiger partial charge in [-0.1, -0.05) is 0 Å². The van der Waals surface area contributed by atoms with Crippen molar-refractivity contribution in [3.63, 3.8) is 0 Å². The Morgan fingerprint density at radius 3 is 2.61 bits per heavy atom. The highest BCUT2D eigenvalue weighted by atomic mass is 32.1. The van der Waals surface area contributed by atoms with Crippen LogP contribution in [-0.2, 0) is 0 Å². The average Bonchev–Trinajstić information content (AvgIpc) is 3.25. The van der Waals surface area contributed by atoms with E-state index in [1.165, 1.54) is 17.7 Å². The summed E-state index contributed by atoms with van der Waals surface area (Å²) >= 11 is 1.68. The number of carbonyl (C=O) groups excluding carboxylic acids is 1. The number of amides is 1. The molecule has 1 amide bonds. The average molecular weight is 335 g/mol. The van der Waals surface area contributed by atoms with E-state index in [1.807, 2.05) is 0 Å². The second kappa shape index (κ2) is 6.51. The van der Waals surface area contributed by atoms with E-state index in [2.05, 4.69) is 28.7 Å².